The molecule has 1 aliphatic heterocycles. The van der Waals surface area contributed by atoms with E-state index >= 15 is 0 Å². The highest BCUT2D eigenvalue weighted by atomic mass is 32.1. The fourth-order valence-corrected chi connectivity index (χ4v) is 3.83. The molecule has 0 aromatic heterocycles. The lowest BCUT2D eigenvalue weighted by atomic mass is 10.1. The average molecular weight is 401 g/mol. The van der Waals surface area contributed by atoms with Crippen molar-refractivity contribution in [2.45, 2.75) is 20.4 Å². The first-order chi connectivity index (χ1) is 13.5. The number of benzene rings is 2. The second kappa shape index (κ2) is 9.26. The number of anilines is 1. The lowest BCUT2D eigenvalue weighted by Gasteiger charge is -2.34. The molecule has 1 heterocycles. The molecule has 0 radical (unpaired) electrons. The molecule has 0 atom stereocenters. The third kappa shape index (κ3) is 4.94. The average Bonchev–Trinajstić information content (AvgIpc) is 2.71. The number of methoxy groups -OCH3 is 2. The van der Waals surface area contributed by atoms with Crippen LogP contribution < -0.4 is 19.7 Å². The Morgan fingerprint density at radius 3 is 2.25 bits per heavy atom. The summed E-state index contributed by atoms with van der Waals surface area (Å²) in [4.78, 5) is 3.82. The fourth-order valence-electron chi connectivity index (χ4n) is 3.52. The maximum Gasteiger partial charge on any atom is 0.173 e. The third-order valence-electron chi connectivity index (χ3n) is 5.34. The number of thiocarbonyl (C=S) groups is 1. The van der Waals surface area contributed by atoms with Gasteiger partial charge in [0.1, 0.15) is 6.54 Å². The largest absolute Gasteiger partial charge is 0.493 e. The summed E-state index contributed by atoms with van der Waals surface area (Å²) in [7, 11) is 3.36. The summed E-state index contributed by atoms with van der Waals surface area (Å²) in [5, 5.41) is 4.17. The van der Waals surface area contributed by atoms with Gasteiger partial charge in [-0.2, -0.15) is 0 Å². The Labute approximate surface area is 173 Å². The van der Waals surface area contributed by atoms with Crippen molar-refractivity contribution in [1.82, 2.24) is 4.90 Å². The molecule has 0 amide bonds. The molecule has 6 heteroatoms. The van der Waals surface area contributed by atoms with Crippen LogP contribution in [-0.2, 0) is 6.54 Å². The zero-order chi connectivity index (χ0) is 20.1. The summed E-state index contributed by atoms with van der Waals surface area (Å²) < 4.78 is 10.9. The van der Waals surface area contributed by atoms with E-state index in [0.29, 0.717) is 0 Å². The van der Waals surface area contributed by atoms with Crippen molar-refractivity contribution in [3.63, 3.8) is 0 Å². The van der Waals surface area contributed by atoms with Gasteiger partial charge in [0.2, 0.25) is 0 Å². The lowest BCUT2D eigenvalue weighted by Crippen LogP contribution is -3.13. The SMILES string of the molecule is COc1cc(C)c(C[NH+]2CCN(C(=S)Nc3ccc(C)cc3)CC2)cc1OC. The van der Waals surface area contributed by atoms with Crippen molar-refractivity contribution in [3.05, 3.63) is 53.1 Å². The van der Waals surface area contributed by atoms with Gasteiger partial charge in [-0.1, -0.05) is 17.7 Å². The summed E-state index contributed by atoms with van der Waals surface area (Å²) in [6.07, 6.45) is 0. The molecule has 2 aromatic rings. The third-order valence-corrected chi connectivity index (χ3v) is 5.70. The topological polar surface area (TPSA) is 38.2 Å². The molecular weight excluding hydrogens is 370 g/mol. The minimum Gasteiger partial charge on any atom is -0.493 e. The number of hydrogen-bond donors (Lipinski definition) is 2. The Kier molecular flexibility index (Phi) is 6.75. The van der Waals surface area contributed by atoms with Crippen LogP contribution >= 0.6 is 12.2 Å². The predicted molar refractivity (Wildman–Crippen MR) is 118 cm³/mol. The zero-order valence-corrected chi connectivity index (χ0v) is 18.0. The van der Waals surface area contributed by atoms with Crippen molar-refractivity contribution < 1.29 is 14.4 Å². The summed E-state index contributed by atoms with van der Waals surface area (Å²) in [6.45, 7) is 9.24. The number of nitrogens with zero attached hydrogens (tertiary/aromatic N) is 1. The molecule has 0 saturated carbocycles. The predicted octanol–water partition coefficient (Wildman–Crippen LogP) is 2.42. The summed E-state index contributed by atoms with van der Waals surface area (Å²) >= 11 is 5.61. The Balaban J connectivity index is 1.55. The molecule has 0 aliphatic carbocycles. The fraction of sp³-hybridized carbons (Fsp3) is 0.409. The van der Waals surface area contributed by atoms with Gasteiger partial charge in [0.25, 0.3) is 0 Å². The smallest absolute Gasteiger partial charge is 0.173 e. The summed E-state index contributed by atoms with van der Waals surface area (Å²) in [5.74, 6) is 1.58. The molecule has 5 nitrogen and oxygen atoms in total. The minimum atomic E-state index is 0.788. The van der Waals surface area contributed by atoms with Gasteiger partial charge >= 0.3 is 0 Å². The maximum absolute atomic E-state index is 5.61. The molecule has 2 aromatic carbocycles. The van der Waals surface area contributed by atoms with Crippen LogP contribution in [0, 0.1) is 13.8 Å². The highest BCUT2D eigenvalue weighted by Gasteiger charge is 2.23. The number of hydrogen-bond acceptors (Lipinski definition) is 3. The highest BCUT2D eigenvalue weighted by molar-refractivity contribution is 7.80. The molecular formula is C22H30N3O2S+. The molecule has 0 bridgehead atoms. The van der Waals surface area contributed by atoms with E-state index in [1.165, 1.54) is 16.7 Å². The Morgan fingerprint density at radius 1 is 1.04 bits per heavy atom. The van der Waals surface area contributed by atoms with Crippen LogP contribution in [0.25, 0.3) is 0 Å². The molecule has 1 aliphatic rings. The Hall–Kier alpha value is -2.31. The second-order valence-corrected chi connectivity index (χ2v) is 7.73. The maximum atomic E-state index is 5.61. The molecule has 150 valence electrons. The van der Waals surface area contributed by atoms with Gasteiger partial charge in [-0.15, -0.1) is 0 Å². The van der Waals surface area contributed by atoms with E-state index in [4.69, 9.17) is 21.7 Å². The molecule has 1 fully saturated rings. The van der Waals surface area contributed by atoms with Gasteiger partial charge in [-0.25, -0.2) is 0 Å². The zero-order valence-electron chi connectivity index (χ0n) is 17.2. The molecule has 0 unspecified atom stereocenters. The number of nitrogens with one attached hydrogen (secondary N) is 2. The molecule has 2 N–H and O–H groups in total. The first-order valence-corrected chi connectivity index (χ1v) is 10.1. The molecule has 0 spiro atoms. The minimum absolute atomic E-state index is 0.788. The van der Waals surface area contributed by atoms with E-state index < -0.39 is 0 Å². The normalized spacial score (nSPS) is 14.6. The van der Waals surface area contributed by atoms with Gasteiger partial charge in [-0.05, 0) is 55.9 Å². The first kappa shape index (κ1) is 20.4. The first-order valence-electron chi connectivity index (χ1n) is 9.68. The number of rotatable bonds is 5. The number of aryl methyl sites for hydroxylation is 2. The Morgan fingerprint density at radius 2 is 1.64 bits per heavy atom. The van der Waals surface area contributed by atoms with Crippen molar-refractivity contribution >= 4 is 23.0 Å². The molecule has 28 heavy (non-hydrogen) atoms. The van der Waals surface area contributed by atoms with E-state index in [1.807, 2.05) is 0 Å². The van der Waals surface area contributed by atoms with Crippen LogP contribution in [0.2, 0.25) is 0 Å². The van der Waals surface area contributed by atoms with Crippen LogP contribution in [-0.4, -0.2) is 50.4 Å². The summed E-state index contributed by atoms with van der Waals surface area (Å²) in [6, 6.07) is 12.5. The van der Waals surface area contributed by atoms with E-state index in [-0.39, 0.29) is 0 Å². The number of quaternary nitrogens is 1. The van der Waals surface area contributed by atoms with Gasteiger partial charge in [0.15, 0.2) is 16.6 Å². The van der Waals surface area contributed by atoms with Crippen LogP contribution in [0.4, 0.5) is 5.69 Å². The Bertz CT molecular complexity index is 815. The van der Waals surface area contributed by atoms with Crippen LogP contribution in [0.5, 0.6) is 11.5 Å². The van der Waals surface area contributed by atoms with Gasteiger partial charge in [0.05, 0.1) is 40.4 Å². The number of ether oxygens (including phenoxy) is 2. The quantitative estimate of drug-likeness (QED) is 0.754. The van der Waals surface area contributed by atoms with E-state index in [2.05, 4.69) is 60.5 Å². The van der Waals surface area contributed by atoms with Crippen LogP contribution in [0.3, 0.4) is 0 Å². The van der Waals surface area contributed by atoms with Gasteiger partial charge in [0, 0.05) is 11.3 Å². The monoisotopic (exact) mass is 400 g/mol. The summed E-state index contributed by atoms with van der Waals surface area (Å²) in [5.41, 5.74) is 4.84. The van der Waals surface area contributed by atoms with Crippen molar-refractivity contribution in [1.29, 1.82) is 0 Å². The van der Waals surface area contributed by atoms with Crippen molar-refractivity contribution in [2.24, 2.45) is 0 Å². The second-order valence-electron chi connectivity index (χ2n) is 7.34. The van der Waals surface area contributed by atoms with Crippen LogP contribution in [0.15, 0.2) is 36.4 Å². The van der Waals surface area contributed by atoms with Crippen LogP contribution in [0.1, 0.15) is 16.7 Å². The number of piperazine rings is 1. The van der Waals surface area contributed by atoms with Crippen molar-refractivity contribution in [2.75, 3.05) is 45.7 Å². The van der Waals surface area contributed by atoms with Crippen molar-refractivity contribution in [3.8, 4) is 11.5 Å². The molecule has 1 saturated heterocycles. The van der Waals surface area contributed by atoms with Gasteiger partial charge < -0.3 is 24.6 Å². The molecule has 3 rings (SSSR count). The van der Waals surface area contributed by atoms with E-state index in [1.54, 1.807) is 19.1 Å². The van der Waals surface area contributed by atoms with E-state index in [0.717, 1.165) is 55.0 Å². The van der Waals surface area contributed by atoms with Gasteiger partial charge in [-0.3, -0.25) is 0 Å². The lowest BCUT2D eigenvalue weighted by molar-refractivity contribution is -0.917. The highest BCUT2D eigenvalue weighted by Crippen LogP contribution is 2.29. The van der Waals surface area contributed by atoms with E-state index in [9.17, 15) is 0 Å². The standard InChI is InChI=1S/C22H29N3O2S/c1-16-5-7-19(8-6-16)23-22(28)25-11-9-24(10-12-25)15-18-14-21(27-4)20(26-3)13-17(18)2/h5-8,13-14H,9-12,15H2,1-4H3,(H,23,28)/p+1.